The van der Waals surface area contributed by atoms with Gasteiger partial charge in [0.1, 0.15) is 5.75 Å². The van der Waals surface area contributed by atoms with Crippen LogP contribution < -0.4 is 0 Å². The lowest BCUT2D eigenvalue weighted by atomic mass is 9.73. The van der Waals surface area contributed by atoms with Crippen molar-refractivity contribution < 1.29 is 5.11 Å². The third-order valence-electron chi connectivity index (χ3n) is 6.90. The Labute approximate surface area is 154 Å². The molecule has 1 N–H and O–H groups in total. The van der Waals surface area contributed by atoms with Crippen LogP contribution in [0.5, 0.6) is 5.75 Å². The minimum absolute atomic E-state index is 0.0898. The molecule has 3 nitrogen and oxygen atoms in total. The van der Waals surface area contributed by atoms with Crippen molar-refractivity contribution in [1.82, 2.24) is 9.80 Å². The fraction of sp³-hybridized carbons (Fsp3) is 0.727. The maximum absolute atomic E-state index is 9.99. The van der Waals surface area contributed by atoms with E-state index in [9.17, 15) is 5.11 Å². The first-order valence-electron chi connectivity index (χ1n) is 10.3. The maximum atomic E-state index is 9.99. The van der Waals surface area contributed by atoms with Crippen LogP contribution in [0, 0.1) is 5.92 Å². The van der Waals surface area contributed by atoms with Crippen LogP contribution in [-0.4, -0.2) is 47.6 Å². The van der Waals surface area contributed by atoms with E-state index >= 15 is 0 Å². The molecule has 0 bridgehead atoms. The quantitative estimate of drug-likeness (QED) is 0.817. The van der Waals surface area contributed by atoms with Crippen molar-refractivity contribution >= 4 is 0 Å². The van der Waals surface area contributed by atoms with Crippen molar-refractivity contribution in [3.05, 3.63) is 29.8 Å². The van der Waals surface area contributed by atoms with Gasteiger partial charge in [0.25, 0.3) is 0 Å². The van der Waals surface area contributed by atoms with Gasteiger partial charge in [-0.25, -0.2) is 0 Å². The van der Waals surface area contributed by atoms with E-state index in [2.05, 4.69) is 36.8 Å². The molecule has 3 rings (SSSR count). The van der Waals surface area contributed by atoms with Gasteiger partial charge in [-0.2, -0.15) is 0 Å². The third kappa shape index (κ3) is 3.88. The molecule has 2 aliphatic rings. The van der Waals surface area contributed by atoms with Gasteiger partial charge in [-0.3, -0.25) is 4.90 Å². The van der Waals surface area contributed by atoms with Crippen LogP contribution in [0.15, 0.2) is 24.3 Å². The second kappa shape index (κ2) is 8.09. The van der Waals surface area contributed by atoms with Gasteiger partial charge >= 0.3 is 0 Å². The van der Waals surface area contributed by atoms with Crippen molar-refractivity contribution in [1.29, 1.82) is 0 Å². The summed E-state index contributed by atoms with van der Waals surface area (Å²) in [5.74, 6) is 1.33. The smallest absolute Gasteiger partial charge is 0.115 e. The SMILES string of the molecule is CCCC1CCN(C2CCC(c3cccc(O)c3)(N(C)CC)CC2)C1. The third-order valence-corrected chi connectivity index (χ3v) is 6.90. The molecule has 1 unspecified atom stereocenters. The average Bonchev–Trinajstić information content (AvgIpc) is 3.10. The summed E-state index contributed by atoms with van der Waals surface area (Å²) < 4.78 is 0. The average molecular weight is 345 g/mol. The number of benzene rings is 1. The highest BCUT2D eigenvalue weighted by molar-refractivity contribution is 5.33. The first-order valence-corrected chi connectivity index (χ1v) is 10.3. The Hall–Kier alpha value is -1.06. The lowest BCUT2D eigenvalue weighted by Gasteiger charge is -2.48. The molecule has 2 fully saturated rings. The van der Waals surface area contributed by atoms with E-state index < -0.39 is 0 Å². The van der Waals surface area contributed by atoms with E-state index in [1.165, 1.54) is 63.6 Å². The number of hydrogen-bond donors (Lipinski definition) is 1. The predicted molar refractivity (Wildman–Crippen MR) is 105 cm³/mol. The molecule has 3 heteroatoms. The summed E-state index contributed by atoms with van der Waals surface area (Å²) in [4.78, 5) is 5.28. The molecule has 25 heavy (non-hydrogen) atoms. The van der Waals surface area contributed by atoms with E-state index in [4.69, 9.17) is 0 Å². The summed E-state index contributed by atoms with van der Waals surface area (Å²) in [6, 6.07) is 8.74. The molecule has 1 aromatic carbocycles. The van der Waals surface area contributed by atoms with Gasteiger partial charge in [-0.05, 0) is 82.3 Å². The summed E-state index contributed by atoms with van der Waals surface area (Å²) in [5.41, 5.74) is 1.38. The number of phenols is 1. The fourth-order valence-corrected chi connectivity index (χ4v) is 5.27. The predicted octanol–water partition coefficient (Wildman–Crippen LogP) is 4.60. The van der Waals surface area contributed by atoms with Gasteiger partial charge < -0.3 is 10.0 Å². The second-order valence-corrected chi connectivity index (χ2v) is 8.27. The van der Waals surface area contributed by atoms with Gasteiger partial charge in [0.2, 0.25) is 0 Å². The van der Waals surface area contributed by atoms with E-state index in [0.29, 0.717) is 5.75 Å². The number of aromatic hydroxyl groups is 1. The molecule has 1 atom stereocenters. The largest absolute Gasteiger partial charge is 0.508 e. The Morgan fingerprint density at radius 1 is 1.20 bits per heavy atom. The van der Waals surface area contributed by atoms with Crippen molar-refractivity contribution in [2.75, 3.05) is 26.7 Å². The minimum atomic E-state index is 0.0898. The molecular formula is C22H36N2O. The van der Waals surface area contributed by atoms with Crippen LogP contribution in [0.1, 0.15) is 64.4 Å². The van der Waals surface area contributed by atoms with E-state index in [1.54, 1.807) is 6.07 Å². The standard InChI is InChI=1S/C22H36N2O/c1-4-7-18-12-15-24(17-18)20-10-13-22(14-11-20,23(3)5-2)19-8-6-9-21(25)16-19/h6,8-9,16,18,20,25H,4-5,7,10-15,17H2,1-3H3. The van der Waals surface area contributed by atoms with Crippen LogP contribution in [-0.2, 0) is 5.54 Å². The number of hydrogen-bond acceptors (Lipinski definition) is 3. The number of nitrogens with zero attached hydrogens (tertiary/aromatic N) is 2. The normalized spacial score (nSPS) is 30.9. The summed E-state index contributed by atoms with van der Waals surface area (Å²) in [6.07, 6.45) is 9.06. The highest BCUT2D eigenvalue weighted by Gasteiger charge is 2.41. The molecule has 1 heterocycles. The van der Waals surface area contributed by atoms with Gasteiger partial charge in [0, 0.05) is 18.1 Å². The van der Waals surface area contributed by atoms with Gasteiger partial charge in [-0.15, -0.1) is 0 Å². The Morgan fingerprint density at radius 2 is 1.96 bits per heavy atom. The molecule has 1 saturated heterocycles. The molecule has 1 saturated carbocycles. The van der Waals surface area contributed by atoms with Gasteiger partial charge in [-0.1, -0.05) is 32.4 Å². The first-order chi connectivity index (χ1) is 12.1. The highest BCUT2D eigenvalue weighted by atomic mass is 16.3. The lowest BCUT2D eigenvalue weighted by molar-refractivity contribution is 0.0416. The number of phenolic OH excluding ortho intramolecular Hbond substituents is 1. The molecule has 140 valence electrons. The number of likely N-dealkylation sites (tertiary alicyclic amines) is 1. The second-order valence-electron chi connectivity index (χ2n) is 8.27. The molecule has 0 amide bonds. The van der Waals surface area contributed by atoms with E-state index in [0.717, 1.165) is 18.5 Å². The van der Waals surface area contributed by atoms with Crippen LogP contribution in [0.2, 0.25) is 0 Å². The molecule has 1 aliphatic heterocycles. The van der Waals surface area contributed by atoms with Crippen LogP contribution in [0.3, 0.4) is 0 Å². The van der Waals surface area contributed by atoms with Crippen LogP contribution in [0.4, 0.5) is 0 Å². The Bertz CT molecular complexity index is 551. The Balaban J connectivity index is 1.70. The molecule has 0 aromatic heterocycles. The van der Waals surface area contributed by atoms with E-state index in [1.807, 2.05) is 12.1 Å². The lowest BCUT2D eigenvalue weighted by Crippen LogP contribution is -2.49. The minimum Gasteiger partial charge on any atom is -0.508 e. The number of rotatable bonds is 6. The summed E-state index contributed by atoms with van der Waals surface area (Å²) >= 11 is 0. The molecule has 1 aliphatic carbocycles. The monoisotopic (exact) mass is 344 g/mol. The molecular weight excluding hydrogens is 308 g/mol. The van der Waals surface area contributed by atoms with Crippen LogP contribution in [0.25, 0.3) is 0 Å². The zero-order valence-corrected chi connectivity index (χ0v) is 16.4. The van der Waals surface area contributed by atoms with Crippen molar-refractivity contribution in [3.63, 3.8) is 0 Å². The highest BCUT2D eigenvalue weighted by Crippen LogP contribution is 2.44. The summed E-state index contributed by atoms with van der Waals surface area (Å²) in [6.45, 7) is 8.22. The Morgan fingerprint density at radius 3 is 2.60 bits per heavy atom. The topological polar surface area (TPSA) is 26.7 Å². The van der Waals surface area contributed by atoms with E-state index in [-0.39, 0.29) is 5.54 Å². The Kier molecular flexibility index (Phi) is 6.06. The van der Waals surface area contributed by atoms with Gasteiger partial charge in [0.15, 0.2) is 0 Å². The zero-order chi connectivity index (χ0) is 17.9. The zero-order valence-electron chi connectivity index (χ0n) is 16.4. The molecule has 1 aromatic rings. The first kappa shape index (κ1) is 18.7. The fourth-order valence-electron chi connectivity index (χ4n) is 5.27. The van der Waals surface area contributed by atoms with Gasteiger partial charge in [0.05, 0.1) is 0 Å². The maximum Gasteiger partial charge on any atom is 0.115 e. The summed E-state index contributed by atoms with van der Waals surface area (Å²) in [5, 5.41) is 9.99. The molecule has 0 radical (unpaired) electrons. The van der Waals surface area contributed by atoms with Crippen LogP contribution >= 0.6 is 0 Å². The summed E-state index contributed by atoms with van der Waals surface area (Å²) in [7, 11) is 2.25. The van der Waals surface area contributed by atoms with Crippen molar-refractivity contribution in [2.24, 2.45) is 5.92 Å². The van der Waals surface area contributed by atoms with Crippen molar-refractivity contribution in [3.8, 4) is 5.75 Å². The van der Waals surface area contributed by atoms with Crippen molar-refractivity contribution in [2.45, 2.75) is 70.4 Å². The molecule has 0 spiro atoms.